The van der Waals surface area contributed by atoms with Crippen LogP contribution in [-0.4, -0.2) is 28.8 Å². The first-order chi connectivity index (χ1) is 6.27. The molecule has 0 bridgehead atoms. The Labute approximate surface area is 98.8 Å². The first-order valence-corrected chi connectivity index (χ1v) is 4.53. The quantitative estimate of drug-likeness (QED) is 0.685. The summed E-state index contributed by atoms with van der Waals surface area (Å²) in [5, 5.41) is 0. The van der Waals surface area contributed by atoms with Crippen LogP contribution in [0.15, 0.2) is 24.3 Å². The van der Waals surface area contributed by atoms with Crippen LogP contribution < -0.4 is 0 Å². The molecule has 0 unspecified atom stereocenters. The highest BCUT2D eigenvalue weighted by molar-refractivity contribution is 5.85. The van der Waals surface area contributed by atoms with Crippen molar-refractivity contribution in [2.45, 2.75) is 19.3 Å². The lowest BCUT2D eigenvalue weighted by atomic mass is 10.1. The SMILES string of the molecule is O=C(Cc1ccccc1F)C1CC1.[Mg]. The summed E-state index contributed by atoms with van der Waals surface area (Å²) >= 11 is 0. The molecule has 0 heterocycles. The van der Waals surface area contributed by atoms with Gasteiger partial charge in [-0.1, -0.05) is 18.2 Å². The van der Waals surface area contributed by atoms with Crippen molar-refractivity contribution in [3.63, 3.8) is 0 Å². The maximum atomic E-state index is 13.1. The van der Waals surface area contributed by atoms with Crippen molar-refractivity contribution in [2.75, 3.05) is 0 Å². The molecule has 0 aliphatic heterocycles. The Hall–Kier alpha value is -0.414. The molecule has 0 amide bonds. The number of halogens is 1. The van der Waals surface area contributed by atoms with E-state index in [2.05, 4.69) is 0 Å². The van der Waals surface area contributed by atoms with Gasteiger partial charge in [0.05, 0.1) is 0 Å². The lowest BCUT2D eigenvalue weighted by Crippen LogP contribution is -2.05. The second kappa shape index (κ2) is 4.89. The minimum Gasteiger partial charge on any atom is -0.299 e. The smallest absolute Gasteiger partial charge is 0.140 e. The van der Waals surface area contributed by atoms with Gasteiger partial charge in [-0.25, -0.2) is 4.39 Å². The van der Waals surface area contributed by atoms with Crippen molar-refractivity contribution in [3.05, 3.63) is 35.6 Å². The van der Waals surface area contributed by atoms with Gasteiger partial charge in [0.15, 0.2) is 0 Å². The third kappa shape index (κ3) is 2.79. The molecule has 1 aromatic rings. The molecular formula is C11H11FMgO. The summed E-state index contributed by atoms with van der Waals surface area (Å²) in [7, 11) is 0. The van der Waals surface area contributed by atoms with Crippen LogP contribution in [0.4, 0.5) is 4.39 Å². The fourth-order valence-electron chi connectivity index (χ4n) is 1.38. The number of rotatable bonds is 3. The molecular weight excluding hydrogens is 191 g/mol. The van der Waals surface area contributed by atoms with Gasteiger partial charge < -0.3 is 0 Å². The van der Waals surface area contributed by atoms with Gasteiger partial charge in [0.1, 0.15) is 11.6 Å². The topological polar surface area (TPSA) is 17.1 Å². The molecule has 1 nitrogen and oxygen atoms in total. The second-order valence-corrected chi connectivity index (χ2v) is 3.51. The van der Waals surface area contributed by atoms with Crippen LogP contribution in [0.5, 0.6) is 0 Å². The van der Waals surface area contributed by atoms with Gasteiger partial charge in [-0.2, -0.15) is 0 Å². The predicted molar refractivity (Wildman–Crippen MR) is 53.6 cm³/mol. The molecule has 1 fully saturated rings. The maximum Gasteiger partial charge on any atom is 0.140 e. The Balaban J connectivity index is 0.000000980. The number of carbonyl (C=O) groups excluding carboxylic acids is 1. The number of carbonyl (C=O) groups is 1. The molecule has 2 rings (SSSR count). The van der Waals surface area contributed by atoms with Crippen LogP contribution in [0, 0.1) is 11.7 Å². The molecule has 1 saturated carbocycles. The van der Waals surface area contributed by atoms with Crippen molar-refractivity contribution in [3.8, 4) is 0 Å². The largest absolute Gasteiger partial charge is 0.299 e. The highest BCUT2D eigenvalue weighted by Crippen LogP contribution is 2.31. The van der Waals surface area contributed by atoms with Crippen LogP contribution in [0.1, 0.15) is 18.4 Å². The third-order valence-electron chi connectivity index (χ3n) is 2.36. The average molecular weight is 203 g/mol. The van der Waals surface area contributed by atoms with Crippen LogP contribution in [0.3, 0.4) is 0 Å². The van der Waals surface area contributed by atoms with Crippen molar-refractivity contribution in [1.29, 1.82) is 0 Å². The summed E-state index contributed by atoms with van der Waals surface area (Å²) in [4.78, 5) is 11.4. The van der Waals surface area contributed by atoms with E-state index in [1.165, 1.54) is 6.07 Å². The summed E-state index contributed by atoms with van der Waals surface area (Å²) in [6, 6.07) is 6.48. The Bertz CT molecular complexity index is 334. The van der Waals surface area contributed by atoms with Crippen LogP contribution in [0.2, 0.25) is 0 Å². The van der Waals surface area contributed by atoms with E-state index in [0.717, 1.165) is 12.8 Å². The Morgan fingerprint density at radius 2 is 2.00 bits per heavy atom. The van der Waals surface area contributed by atoms with Gasteiger partial charge in [-0.3, -0.25) is 4.79 Å². The van der Waals surface area contributed by atoms with E-state index in [9.17, 15) is 9.18 Å². The first kappa shape index (κ1) is 11.7. The monoisotopic (exact) mass is 202 g/mol. The molecule has 70 valence electrons. The molecule has 0 aromatic heterocycles. The molecule has 1 aliphatic carbocycles. The molecule has 0 spiro atoms. The minimum absolute atomic E-state index is 0. The summed E-state index contributed by atoms with van der Waals surface area (Å²) in [5.41, 5.74) is 0.527. The van der Waals surface area contributed by atoms with Gasteiger partial charge in [-0.15, -0.1) is 0 Å². The Morgan fingerprint density at radius 3 is 2.57 bits per heavy atom. The number of hydrogen-bond donors (Lipinski definition) is 0. The summed E-state index contributed by atoms with van der Waals surface area (Å²) in [5.74, 6) is 0.140. The van der Waals surface area contributed by atoms with E-state index in [1.54, 1.807) is 18.2 Å². The fourth-order valence-corrected chi connectivity index (χ4v) is 1.38. The zero-order valence-electron chi connectivity index (χ0n) is 8.00. The van der Waals surface area contributed by atoms with Gasteiger partial charge in [0, 0.05) is 35.4 Å². The van der Waals surface area contributed by atoms with E-state index >= 15 is 0 Å². The van der Waals surface area contributed by atoms with Crippen molar-refractivity contribution in [1.82, 2.24) is 0 Å². The predicted octanol–water partition coefficient (Wildman–Crippen LogP) is 1.97. The third-order valence-corrected chi connectivity index (χ3v) is 2.36. The van der Waals surface area contributed by atoms with E-state index < -0.39 is 0 Å². The normalized spacial score (nSPS) is 14.6. The highest BCUT2D eigenvalue weighted by atomic mass is 24.3. The minimum atomic E-state index is -0.267. The number of Topliss-reactive ketones (excluding diaryl/α,β-unsaturated/α-hetero) is 1. The van der Waals surface area contributed by atoms with E-state index in [-0.39, 0.29) is 47.0 Å². The standard InChI is InChI=1S/C11H11FO.Mg/c12-10-4-2-1-3-9(10)7-11(13)8-5-6-8;/h1-4,8H,5-7H2;. The lowest BCUT2D eigenvalue weighted by Gasteiger charge is -2.00. The van der Waals surface area contributed by atoms with E-state index in [0.29, 0.717) is 5.56 Å². The maximum absolute atomic E-state index is 13.1. The number of hydrogen-bond acceptors (Lipinski definition) is 1. The van der Waals surface area contributed by atoms with Crippen molar-refractivity contribution in [2.24, 2.45) is 5.92 Å². The molecule has 0 saturated heterocycles. The molecule has 0 atom stereocenters. The first-order valence-electron chi connectivity index (χ1n) is 4.53. The zero-order chi connectivity index (χ0) is 9.26. The number of ketones is 1. The molecule has 1 aromatic carbocycles. The average Bonchev–Trinajstić information content (AvgIpc) is 2.91. The molecule has 2 radical (unpaired) electrons. The fraction of sp³-hybridized carbons (Fsp3) is 0.364. The van der Waals surface area contributed by atoms with Crippen LogP contribution >= 0.6 is 0 Å². The highest BCUT2D eigenvalue weighted by Gasteiger charge is 2.29. The van der Waals surface area contributed by atoms with Crippen LogP contribution in [-0.2, 0) is 11.2 Å². The lowest BCUT2D eigenvalue weighted by molar-refractivity contribution is -0.119. The molecule has 14 heavy (non-hydrogen) atoms. The van der Waals surface area contributed by atoms with Crippen molar-refractivity contribution < 1.29 is 9.18 Å². The molecule has 1 aliphatic rings. The van der Waals surface area contributed by atoms with E-state index in [1.807, 2.05) is 0 Å². The Kier molecular flexibility index (Phi) is 4.07. The Morgan fingerprint density at radius 1 is 1.36 bits per heavy atom. The zero-order valence-corrected chi connectivity index (χ0v) is 9.42. The molecule has 0 N–H and O–H groups in total. The van der Waals surface area contributed by atoms with Gasteiger partial charge >= 0.3 is 0 Å². The summed E-state index contributed by atoms with van der Waals surface area (Å²) in [6.45, 7) is 0. The summed E-state index contributed by atoms with van der Waals surface area (Å²) in [6.07, 6.45) is 2.25. The van der Waals surface area contributed by atoms with E-state index in [4.69, 9.17) is 0 Å². The molecule has 3 heteroatoms. The van der Waals surface area contributed by atoms with Gasteiger partial charge in [0.25, 0.3) is 0 Å². The van der Waals surface area contributed by atoms with Crippen LogP contribution in [0.25, 0.3) is 0 Å². The number of benzene rings is 1. The van der Waals surface area contributed by atoms with Gasteiger partial charge in [-0.05, 0) is 24.5 Å². The van der Waals surface area contributed by atoms with Gasteiger partial charge in [0.2, 0.25) is 0 Å². The van der Waals surface area contributed by atoms with Crippen molar-refractivity contribution >= 4 is 28.8 Å². The summed E-state index contributed by atoms with van der Waals surface area (Å²) < 4.78 is 13.1. The second-order valence-electron chi connectivity index (χ2n) is 3.51.